The van der Waals surface area contributed by atoms with Crippen molar-refractivity contribution in [1.82, 2.24) is 4.90 Å². The van der Waals surface area contributed by atoms with Crippen molar-refractivity contribution in [3.63, 3.8) is 0 Å². The van der Waals surface area contributed by atoms with Crippen LogP contribution in [0.4, 0.5) is 4.79 Å². The molecule has 5 nitrogen and oxygen atoms in total. The number of ether oxygens (including phenoxy) is 2. The summed E-state index contributed by atoms with van der Waals surface area (Å²) in [4.78, 5) is 13.7. The van der Waals surface area contributed by atoms with E-state index in [0.29, 0.717) is 19.7 Å². The lowest BCUT2D eigenvalue weighted by Crippen LogP contribution is -2.32. The van der Waals surface area contributed by atoms with Crippen LogP contribution in [0.3, 0.4) is 0 Å². The maximum absolute atomic E-state index is 12.0. The maximum Gasteiger partial charge on any atom is 0.410 e. The molecule has 2 heterocycles. The Kier molecular flexibility index (Phi) is 3.89. The predicted molar refractivity (Wildman–Crippen MR) is 72.0 cm³/mol. The Morgan fingerprint density at radius 2 is 2.15 bits per heavy atom. The fourth-order valence-corrected chi connectivity index (χ4v) is 2.95. The van der Waals surface area contributed by atoms with E-state index in [2.05, 4.69) is 0 Å². The number of aliphatic hydroxyl groups excluding tert-OH is 1. The number of amides is 1. The average molecular weight is 277 g/mol. The van der Waals surface area contributed by atoms with Crippen LogP contribution in [-0.2, 0) is 16.1 Å². The van der Waals surface area contributed by atoms with Crippen LogP contribution in [0.2, 0.25) is 0 Å². The second-order valence-electron chi connectivity index (χ2n) is 5.42. The van der Waals surface area contributed by atoms with E-state index in [1.54, 1.807) is 4.90 Å². The zero-order chi connectivity index (χ0) is 13.9. The fourth-order valence-electron chi connectivity index (χ4n) is 2.95. The van der Waals surface area contributed by atoms with Crippen LogP contribution < -0.4 is 0 Å². The molecule has 1 aromatic carbocycles. The minimum atomic E-state index is -0.302. The first kappa shape index (κ1) is 13.4. The number of benzene rings is 1. The molecule has 2 saturated heterocycles. The van der Waals surface area contributed by atoms with E-state index in [1.165, 1.54) is 0 Å². The van der Waals surface area contributed by atoms with Crippen LogP contribution >= 0.6 is 0 Å². The standard InChI is InChI=1S/C15H19NO4/c17-8-12-10-19-14-7-16(6-13(12)14)15(18)20-9-11-4-2-1-3-5-11/h1-5,12-14,17H,6-10H2/t12-,13-,14-/m1/s1. The number of carbonyl (C=O) groups excluding carboxylic acids is 1. The number of likely N-dealkylation sites (tertiary alicyclic amines) is 1. The smallest absolute Gasteiger partial charge is 0.410 e. The minimum absolute atomic E-state index is 0.0522. The molecule has 2 aliphatic heterocycles. The third-order valence-corrected chi connectivity index (χ3v) is 4.14. The van der Waals surface area contributed by atoms with Crippen LogP contribution in [0.15, 0.2) is 30.3 Å². The van der Waals surface area contributed by atoms with Gasteiger partial charge in [0.05, 0.1) is 19.3 Å². The maximum atomic E-state index is 12.0. The lowest BCUT2D eigenvalue weighted by atomic mass is 9.94. The highest BCUT2D eigenvalue weighted by molar-refractivity contribution is 5.68. The summed E-state index contributed by atoms with van der Waals surface area (Å²) in [6, 6.07) is 9.62. The first-order valence-electron chi connectivity index (χ1n) is 6.96. The van der Waals surface area contributed by atoms with Gasteiger partial charge in [0.25, 0.3) is 0 Å². The van der Waals surface area contributed by atoms with Gasteiger partial charge < -0.3 is 19.5 Å². The molecule has 0 aliphatic carbocycles. The van der Waals surface area contributed by atoms with Gasteiger partial charge in [-0.05, 0) is 5.56 Å². The summed E-state index contributed by atoms with van der Waals surface area (Å²) in [6.07, 6.45) is -0.250. The first-order valence-corrected chi connectivity index (χ1v) is 6.96. The third-order valence-electron chi connectivity index (χ3n) is 4.14. The summed E-state index contributed by atoms with van der Waals surface area (Å²) >= 11 is 0. The van der Waals surface area contributed by atoms with E-state index in [1.807, 2.05) is 30.3 Å². The van der Waals surface area contributed by atoms with E-state index in [9.17, 15) is 9.90 Å². The van der Waals surface area contributed by atoms with E-state index >= 15 is 0 Å². The molecule has 0 saturated carbocycles. The molecule has 20 heavy (non-hydrogen) atoms. The highest BCUT2D eigenvalue weighted by Gasteiger charge is 2.45. The lowest BCUT2D eigenvalue weighted by Gasteiger charge is -2.18. The van der Waals surface area contributed by atoms with Gasteiger partial charge >= 0.3 is 6.09 Å². The van der Waals surface area contributed by atoms with Crippen molar-refractivity contribution in [3.05, 3.63) is 35.9 Å². The Hall–Kier alpha value is -1.59. The van der Waals surface area contributed by atoms with E-state index in [-0.39, 0.29) is 37.2 Å². The number of hydrogen-bond donors (Lipinski definition) is 1. The summed E-state index contributed by atoms with van der Waals surface area (Å²) in [6.45, 7) is 2.18. The Morgan fingerprint density at radius 3 is 2.90 bits per heavy atom. The molecule has 1 amide bonds. The van der Waals surface area contributed by atoms with E-state index in [4.69, 9.17) is 9.47 Å². The average Bonchev–Trinajstić information content (AvgIpc) is 3.05. The summed E-state index contributed by atoms with van der Waals surface area (Å²) in [7, 11) is 0. The molecular formula is C15H19NO4. The number of hydrogen-bond acceptors (Lipinski definition) is 4. The molecule has 3 atom stereocenters. The second kappa shape index (κ2) is 5.81. The summed E-state index contributed by atoms with van der Waals surface area (Å²) < 4.78 is 10.9. The largest absolute Gasteiger partial charge is 0.445 e. The van der Waals surface area contributed by atoms with Crippen LogP contribution in [0.5, 0.6) is 0 Å². The van der Waals surface area contributed by atoms with Crippen molar-refractivity contribution in [3.8, 4) is 0 Å². The van der Waals surface area contributed by atoms with Gasteiger partial charge in [-0.1, -0.05) is 30.3 Å². The zero-order valence-electron chi connectivity index (χ0n) is 11.3. The molecule has 108 valence electrons. The van der Waals surface area contributed by atoms with Gasteiger partial charge in [-0.25, -0.2) is 4.79 Å². The van der Waals surface area contributed by atoms with Crippen LogP contribution in [0.25, 0.3) is 0 Å². The van der Waals surface area contributed by atoms with Crippen molar-refractivity contribution in [2.45, 2.75) is 12.7 Å². The molecule has 0 bridgehead atoms. The number of carbonyl (C=O) groups is 1. The van der Waals surface area contributed by atoms with Gasteiger partial charge in [-0.3, -0.25) is 0 Å². The van der Waals surface area contributed by atoms with Gasteiger partial charge in [0.1, 0.15) is 6.61 Å². The predicted octanol–water partition coefficient (Wildman–Crippen LogP) is 1.26. The van der Waals surface area contributed by atoms with Gasteiger partial charge in [0.2, 0.25) is 0 Å². The topological polar surface area (TPSA) is 59.0 Å². The molecule has 0 radical (unpaired) electrons. The fraction of sp³-hybridized carbons (Fsp3) is 0.533. The van der Waals surface area contributed by atoms with Crippen molar-refractivity contribution < 1.29 is 19.4 Å². The number of aliphatic hydroxyl groups is 1. The number of fused-ring (bicyclic) bond motifs is 1. The molecule has 0 unspecified atom stereocenters. The second-order valence-corrected chi connectivity index (χ2v) is 5.42. The van der Waals surface area contributed by atoms with Crippen LogP contribution in [0.1, 0.15) is 5.56 Å². The molecule has 1 aromatic rings. The molecular weight excluding hydrogens is 258 g/mol. The van der Waals surface area contributed by atoms with Crippen molar-refractivity contribution in [2.24, 2.45) is 11.8 Å². The molecule has 0 aromatic heterocycles. The highest BCUT2D eigenvalue weighted by Crippen LogP contribution is 2.33. The Labute approximate surface area is 118 Å². The lowest BCUT2D eigenvalue weighted by molar-refractivity contribution is 0.0718. The summed E-state index contributed by atoms with van der Waals surface area (Å²) in [5.74, 6) is 0.385. The van der Waals surface area contributed by atoms with Crippen molar-refractivity contribution in [2.75, 3.05) is 26.3 Å². The van der Waals surface area contributed by atoms with Crippen molar-refractivity contribution >= 4 is 6.09 Å². The molecule has 3 rings (SSSR count). The molecule has 2 aliphatic rings. The SMILES string of the molecule is O=C(OCc1ccccc1)N1C[C@@H]2[C@H](CO)CO[C@@H]2C1. The quantitative estimate of drug-likeness (QED) is 0.903. The van der Waals surface area contributed by atoms with Gasteiger partial charge in [0, 0.05) is 25.0 Å². The monoisotopic (exact) mass is 277 g/mol. The van der Waals surface area contributed by atoms with Gasteiger partial charge in [-0.15, -0.1) is 0 Å². The highest BCUT2D eigenvalue weighted by atomic mass is 16.6. The van der Waals surface area contributed by atoms with E-state index < -0.39 is 0 Å². The van der Waals surface area contributed by atoms with Crippen LogP contribution in [0, 0.1) is 11.8 Å². The Morgan fingerprint density at radius 1 is 1.35 bits per heavy atom. The minimum Gasteiger partial charge on any atom is -0.445 e. The molecule has 0 spiro atoms. The molecule has 2 fully saturated rings. The number of nitrogens with zero attached hydrogens (tertiary/aromatic N) is 1. The normalized spacial score (nSPS) is 28.4. The third kappa shape index (κ3) is 2.64. The first-order chi connectivity index (χ1) is 9.78. The van der Waals surface area contributed by atoms with Gasteiger partial charge in [0.15, 0.2) is 0 Å². The zero-order valence-corrected chi connectivity index (χ0v) is 11.3. The molecule has 5 heteroatoms. The van der Waals surface area contributed by atoms with E-state index in [0.717, 1.165) is 5.56 Å². The van der Waals surface area contributed by atoms with Gasteiger partial charge in [-0.2, -0.15) is 0 Å². The Bertz CT molecular complexity index is 464. The summed E-state index contributed by atoms with van der Waals surface area (Å²) in [5.41, 5.74) is 0.977. The Balaban J connectivity index is 1.52. The van der Waals surface area contributed by atoms with Crippen LogP contribution in [-0.4, -0.2) is 48.5 Å². The summed E-state index contributed by atoms with van der Waals surface area (Å²) in [5, 5.41) is 9.28. The van der Waals surface area contributed by atoms with Crippen molar-refractivity contribution in [1.29, 1.82) is 0 Å². The molecule has 1 N–H and O–H groups in total. The number of rotatable bonds is 3.